The lowest BCUT2D eigenvalue weighted by Crippen LogP contribution is -2.29. The Balaban J connectivity index is 1.69. The van der Waals surface area contributed by atoms with Crippen molar-refractivity contribution in [3.63, 3.8) is 0 Å². The Bertz CT molecular complexity index is 175. The number of fused-ring (bicyclic) bond motifs is 1. The highest BCUT2D eigenvalue weighted by atomic mass is 16.3. The summed E-state index contributed by atoms with van der Waals surface area (Å²) >= 11 is 0. The van der Waals surface area contributed by atoms with Gasteiger partial charge in [-0.2, -0.15) is 0 Å². The Kier molecular flexibility index (Phi) is 0.722. The summed E-state index contributed by atoms with van der Waals surface area (Å²) in [5, 5.41) is 8.84. The van der Waals surface area contributed by atoms with E-state index in [9.17, 15) is 0 Å². The van der Waals surface area contributed by atoms with Gasteiger partial charge in [0.25, 0.3) is 0 Å². The number of aliphatic hydroxyl groups excluding tert-OH is 1. The molecule has 0 aromatic heterocycles. The molecule has 1 N–H and O–H groups in total. The fraction of sp³-hybridized carbons (Fsp3) is 1.00. The summed E-state index contributed by atoms with van der Waals surface area (Å²) in [7, 11) is 0. The Hall–Kier alpha value is -0.0400. The maximum Gasteiger partial charge on any atom is 0.0459 e. The van der Waals surface area contributed by atoms with Crippen LogP contribution in [0.3, 0.4) is 0 Å². The molecule has 0 atom stereocenters. The molecule has 3 fully saturated rings. The Labute approximate surface area is 61.4 Å². The second-order valence-corrected chi connectivity index (χ2v) is 4.69. The van der Waals surface area contributed by atoms with Crippen molar-refractivity contribution < 1.29 is 5.11 Å². The van der Waals surface area contributed by atoms with Crippen molar-refractivity contribution in [2.75, 3.05) is 6.61 Å². The zero-order chi connectivity index (χ0) is 6.82. The maximum absolute atomic E-state index is 8.84. The predicted octanol–water partition coefficient (Wildman–Crippen LogP) is 1.56. The third kappa shape index (κ3) is 0.430. The van der Waals surface area contributed by atoms with E-state index in [0.717, 1.165) is 10.8 Å². The molecule has 0 aliphatic heterocycles. The van der Waals surface area contributed by atoms with Crippen LogP contribution in [0.4, 0.5) is 0 Å². The van der Waals surface area contributed by atoms with Crippen molar-refractivity contribution in [1.82, 2.24) is 0 Å². The monoisotopic (exact) mass is 138 g/mol. The van der Waals surface area contributed by atoms with Crippen molar-refractivity contribution in [3.8, 4) is 0 Å². The van der Waals surface area contributed by atoms with E-state index in [2.05, 4.69) is 0 Å². The first kappa shape index (κ1) is 5.59. The van der Waals surface area contributed by atoms with E-state index in [1.807, 2.05) is 0 Å². The highest BCUT2D eigenvalue weighted by Crippen LogP contribution is 2.86. The first-order chi connectivity index (χ1) is 4.80. The molecule has 2 spiro atoms. The normalized spacial score (nSPS) is 53.1. The SMILES string of the molecule is OCC1CC2(C1)CC21CC1. The summed E-state index contributed by atoms with van der Waals surface area (Å²) in [6, 6.07) is 0. The highest BCUT2D eigenvalue weighted by Gasteiger charge is 2.76. The van der Waals surface area contributed by atoms with Crippen LogP contribution in [-0.4, -0.2) is 11.7 Å². The van der Waals surface area contributed by atoms with Gasteiger partial charge in [-0.05, 0) is 48.9 Å². The zero-order valence-corrected chi connectivity index (χ0v) is 6.27. The van der Waals surface area contributed by atoms with Crippen LogP contribution in [-0.2, 0) is 0 Å². The van der Waals surface area contributed by atoms with Crippen LogP contribution in [0.15, 0.2) is 0 Å². The molecule has 0 aromatic rings. The Morgan fingerprint density at radius 1 is 1.20 bits per heavy atom. The van der Waals surface area contributed by atoms with E-state index in [-0.39, 0.29) is 0 Å². The Morgan fingerprint density at radius 3 is 2.30 bits per heavy atom. The molecule has 3 aliphatic rings. The molecule has 0 unspecified atom stereocenters. The molecule has 0 radical (unpaired) electrons. The number of aliphatic hydroxyl groups is 1. The number of rotatable bonds is 1. The van der Waals surface area contributed by atoms with Gasteiger partial charge in [-0.15, -0.1) is 0 Å². The fourth-order valence-corrected chi connectivity index (χ4v) is 3.21. The van der Waals surface area contributed by atoms with Crippen LogP contribution >= 0.6 is 0 Å². The molecular formula is C9H14O. The van der Waals surface area contributed by atoms with Crippen LogP contribution < -0.4 is 0 Å². The standard InChI is InChI=1S/C9H14O/c10-5-7-3-9(4-7)6-8(9)1-2-8/h7,10H,1-6H2. The molecule has 0 saturated heterocycles. The van der Waals surface area contributed by atoms with Crippen LogP contribution in [0.5, 0.6) is 0 Å². The van der Waals surface area contributed by atoms with Gasteiger partial charge in [0.05, 0.1) is 0 Å². The summed E-state index contributed by atoms with van der Waals surface area (Å²) in [5.41, 5.74) is 1.65. The first-order valence-corrected chi connectivity index (χ1v) is 4.41. The average molecular weight is 138 g/mol. The summed E-state index contributed by atoms with van der Waals surface area (Å²) in [6.07, 6.45) is 7.22. The van der Waals surface area contributed by atoms with Crippen molar-refractivity contribution in [2.24, 2.45) is 16.7 Å². The molecule has 10 heavy (non-hydrogen) atoms. The minimum Gasteiger partial charge on any atom is -0.396 e. The van der Waals surface area contributed by atoms with Crippen LogP contribution in [0, 0.1) is 16.7 Å². The summed E-state index contributed by atoms with van der Waals surface area (Å²) in [5.74, 6) is 0.681. The molecule has 3 rings (SSSR count). The second kappa shape index (κ2) is 1.29. The van der Waals surface area contributed by atoms with Crippen molar-refractivity contribution in [1.29, 1.82) is 0 Å². The van der Waals surface area contributed by atoms with Gasteiger partial charge in [0.2, 0.25) is 0 Å². The van der Waals surface area contributed by atoms with Gasteiger partial charge in [0.1, 0.15) is 0 Å². The van der Waals surface area contributed by atoms with Gasteiger partial charge in [-0.1, -0.05) is 0 Å². The summed E-state index contributed by atoms with van der Waals surface area (Å²) < 4.78 is 0. The summed E-state index contributed by atoms with van der Waals surface area (Å²) in [6.45, 7) is 0.442. The second-order valence-electron chi connectivity index (χ2n) is 4.69. The molecule has 0 bridgehead atoms. The Morgan fingerprint density at radius 2 is 1.90 bits per heavy atom. The van der Waals surface area contributed by atoms with E-state index < -0.39 is 0 Å². The molecule has 0 heterocycles. The van der Waals surface area contributed by atoms with Crippen LogP contribution in [0.25, 0.3) is 0 Å². The van der Waals surface area contributed by atoms with Crippen molar-refractivity contribution >= 4 is 0 Å². The minimum atomic E-state index is 0.442. The molecule has 1 heteroatoms. The van der Waals surface area contributed by atoms with Gasteiger partial charge < -0.3 is 5.11 Å². The lowest BCUT2D eigenvalue weighted by Gasteiger charge is -2.36. The molecule has 3 saturated carbocycles. The molecule has 3 aliphatic carbocycles. The molecule has 1 nitrogen and oxygen atoms in total. The van der Waals surface area contributed by atoms with E-state index in [1.54, 1.807) is 0 Å². The third-order valence-electron chi connectivity index (χ3n) is 4.15. The third-order valence-corrected chi connectivity index (χ3v) is 4.15. The highest BCUT2D eigenvalue weighted by molar-refractivity contribution is 5.26. The average Bonchev–Trinajstić information content (AvgIpc) is 2.69. The van der Waals surface area contributed by atoms with E-state index in [0.29, 0.717) is 12.5 Å². The topological polar surface area (TPSA) is 20.2 Å². The van der Waals surface area contributed by atoms with E-state index in [1.165, 1.54) is 32.1 Å². The predicted molar refractivity (Wildman–Crippen MR) is 38.5 cm³/mol. The van der Waals surface area contributed by atoms with E-state index in [4.69, 9.17) is 5.11 Å². The molecular weight excluding hydrogens is 124 g/mol. The lowest BCUT2D eigenvalue weighted by molar-refractivity contribution is 0.0777. The number of hydrogen-bond donors (Lipinski definition) is 1. The lowest BCUT2D eigenvalue weighted by atomic mass is 9.70. The molecule has 56 valence electrons. The minimum absolute atomic E-state index is 0.442. The van der Waals surface area contributed by atoms with Crippen LogP contribution in [0.2, 0.25) is 0 Å². The molecule has 0 aromatic carbocycles. The maximum atomic E-state index is 8.84. The van der Waals surface area contributed by atoms with Crippen molar-refractivity contribution in [2.45, 2.75) is 32.1 Å². The van der Waals surface area contributed by atoms with Crippen molar-refractivity contribution in [3.05, 3.63) is 0 Å². The smallest absolute Gasteiger partial charge is 0.0459 e. The van der Waals surface area contributed by atoms with Gasteiger partial charge >= 0.3 is 0 Å². The summed E-state index contributed by atoms with van der Waals surface area (Å²) in [4.78, 5) is 0. The van der Waals surface area contributed by atoms with Gasteiger partial charge in [0.15, 0.2) is 0 Å². The number of hydrogen-bond acceptors (Lipinski definition) is 1. The fourth-order valence-electron chi connectivity index (χ4n) is 3.21. The van der Waals surface area contributed by atoms with E-state index >= 15 is 0 Å². The largest absolute Gasteiger partial charge is 0.396 e. The van der Waals surface area contributed by atoms with Gasteiger partial charge in [0, 0.05) is 6.61 Å². The quantitative estimate of drug-likeness (QED) is 0.583. The molecule has 0 amide bonds. The van der Waals surface area contributed by atoms with Crippen LogP contribution in [0.1, 0.15) is 32.1 Å². The van der Waals surface area contributed by atoms with Gasteiger partial charge in [-0.3, -0.25) is 0 Å². The van der Waals surface area contributed by atoms with Gasteiger partial charge in [-0.25, -0.2) is 0 Å². The first-order valence-electron chi connectivity index (χ1n) is 4.41. The zero-order valence-electron chi connectivity index (χ0n) is 6.27.